The van der Waals surface area contributed by atoms with E-state index in [9.17, 15) is 26.4 Å². The molecule has 1 heterocycles. The summed E-state index contributed by atoms with van der Waals surface area (Å²) in [7, 11) is -4.07. The topological polar surface area (TPSA) is 66.5 Å². The number of nitrogens with zero attached hydrogens (tertiary/aromatic N) is 1. The van der Waals surface area contributed by atoms with E-state index in [2.05, 4.69) is 5.32 Å². The lowest BCUT2D eigenvalue weighted by Gasteiger charge is -2.27. The Morgan fingerprint density at radius 1 is 1.17 bits per heavy atom. The van der Waals surface area contributed by atoms with E-state index in [-0.39, 0.29) is 22.9 Å². The number of hydrogen-bond donors (Lipinski definition) is 1. The van der Waals surface area contributed by atoms with E-state index in [0.29, 0.717) is 24.1 Å². The molecule has 1 fully saturated rings. The van der Waals surface area contributed by atoms with Gasteiger partial charge in [-0.15, -0.1) is 0 Å². The molecule has 1 atom stereocenters. The Kier molecular flexibility index (Phi) is 5.73. The average molecular weight is 426 g/mol. The molecule has 1 N–H and O–H groups in total. The molecule has 5 nitrogen and oxygen atoms in total. The van der Waals surface area contributed by atoms with Gasteiger partial charge in [0.15, 0.2) is 0 Å². The Morgan fingerprint density at radius 2 is 1.86 bits per heavy atom. The number of rotatable bonds is 4. The smallest absolute Gasteiger partial charge is 0.326 e. The maximum Gasteiger partial charge on any atom is 0.416 e. The summed E-state index contributed by atoms with van der Waals surface area (Å²) < 4.78 is 68.3. The fourth-order valence-electron chi connectivity index (χ4n) is 3.67. The number of anilines is 1. The summed E-state index contributed by atoms with van der Waals surface area (Å²) in [6.45, 7) is 3.04. The van der Waals surface area contributed by atoms with E-state index in [1.165, 1.54) is 31.2 Å². The number of halogens is 3. The lowest BCUT2D eigenvalue weighted by molar-refractivity contribution is -0.138. The van der Waals surface area contributed by atoms with Crippen molar-refractivity contribution in [3.63, 3.8) is 0 Å². The van der Waals surface area contributed by atoms with Crippen molar-refractivity contribution >= 4 is 21.6 Å². The molecule has 1 amide bonds. The summed E-state index contributed by atoms with van der Waals surface area (Å²) in [5, 5.41) is 2.54. The maximum atomic E-state index is 13.5. The fourth-order valence-corrected chi connectivity index (χ4v) is 5.60. The predicted octanol–water partition coefficient (Wildman–Crippen LogP) is 4.50. The highest BCUT2D eigenvalue weighted by molar-refractivity contribution is 7.89. The minimum atomic E-state index is -4.57. The molecule has 1 saturated heterocycles. The van der Waals surface area contributed by atoms with E-state index in [1.807, 2.05) is 0 Å². The number of sulfonamides is 1. The number of aryl methyl sites for hydroxylation is 1. The lowest BCUT2D eigenvalue weighted by atomic mass is 9.99. The predicted molar refractivity (Wildman–Crippen MR) is 103 cm³/mol. The van der Waals surface area contributed by atoms with Crippen LogP contribution in [0.4, 0.5) is 18.9 Å². The SMILES string of the molecule is CC(=O)Nc1ccc(C)c(S(=O)(=O)N2CCCC2c2ccccc2C(F)(F)F)c1. The van der Waals surface area contributed by atoms with Gasteiger partial charge < -0.3 is 5.32 Å². The van der Waals surface area contributed by atoms with E-state index >= 15 is 0 Å². The third kappa shape index (κ3) is 4.30. The van der Waals surface area contributed by atoms with Gasteiger partial charge in [0.1, 0.15) is 0 Å². The van der Waals surface area contributed by atoms with Crippen LogP contribution in [0.1, 0.15) is 42.5 Å². The van der Waals surface area contributed by atoms with Crippen molar-refractivity contribution in [3.05, 3.63) is 59.2 Å². The number of hydrogen-bond acceptors (Lipinski definition) is 3. The van der Waals surface area contributed by atoms with Crippen LogP contribution in [0.3, 0.4) is 0 Å². The Bertz CT molecular complexity index is 1040. The van der Waals surface area contributed by atoms with Crippen LogP contribution in [0.15, 0.2) is 47.4 Å². The monoisotopic (exact) mass is 426 g/mol. The number of carbonyl (C=O) groups is 1. The van der Waals surface area contributed by atoms with Gasteiger partial charge in [-0.25, -0.2) is 8.42 Å². The zero-order valence-corrected chi connectivity index (χ0v) is 16.8. The largest absolute Gasteiger partial charge is 0.416 e. The van der Waals surface area contributed by atoms with Crippen molar-refractivity contribution in [2.45, 2.75) is 43.8 Å². The molecule has 2 aromatic rings. The zero-order chi connectivity index (χ0) is 21.4. The normalized spacial score (nSPS) is 18.0. The Morgan fingerprint density at radius 3 is 2.52 bits per heavy atom. The highest BCUT2D eigenvalue weighted by Crippen LogP contribution is 2.42. The van der Waals surface area contributed by atoms with Crippen molar-refractivity contribution in [2.24, 2.45) is 0 Å². The number of nitrogens with one attached hydrogen (secondary N) is 1. The second kappa shape index (κ2) is 7.79. The van der Waals surface area contributed by atoms with Crippen LogP contribution >= 0.6 is 0 Å². The van der Waals surface area contributed by atoms with Crippen LogP contribution in [0, 0.1) is 6.92 Å². The molecule has 0 aliphatic carbocycles. The third-order valence-corrected chi connectivity index (χ3v) is 6.97. The molecule has 1 aliphatic rings. The molecular formula is C20H21F3N2O3S. The van der Waals surface area contributed by atoms with Gasteiger partial charge in [0.25, 0.3) is 0 Å². The summed E-state index contributed by atoms with van der Waals surface area (Å²) in [6.07, 6.45) is -3.81. The van der Waals surface area contributed by atoms with Crippen LogP contribution < -0.4 is 5.32 Å². The molecule has 0 saturated carbocycles. The van der Waals surface area contributed by atoms with Crippen molar-refractivity contribution in [1.82, 2.24) is 4.31 Å². The molecule has 156 valence electrons. The zero-order valence-electron chi connectivity index (χ0n) is 16.0. The van der Waals surface area contributed by atoms with Crippen LogP contribution in [0.25, 0.3) is 0 Å². The first-order chi connectivity index (χ1) is 13.5. The van der Waals surface area contributed by atoms with Gasteiger partial charge in [-0.2, -0.15) is 17.5 Å². The Balaban J connectivity index is 2.06. The fraction of sp³-hybridized carbons (Fsp3) is 0.350. The number of alkyl halides is 3. The van der Waals surface area contributed by atoms with Crippen molar-refractivity contribution in [2.75, 3.05) is 11.9 Å². The second-order valence-electron chi connectivity index (χ2n) is 7.02. The summed E-state index contributed by atoms with van der Waals surface area (Å²) in [5.41, 5.74) is -0.102. The standard InChI is InChI=1S/C20H21F3N2O3S/c1-13-9-10-15(24-14(2)26)12-19(13)29(27,28)25-11-5-8-18(25)16-6-3-4-7-17(16)20(21,22)23/h3-4,6-7,9-10,12,18H,5,8,11H2,1-2H3,(H,24,26). The average Bonchev–Trinajstić information content (AvgIpc) is 3.12. The quantitative estimate of drug-likeness (QED) is 0.783. The van der Waals surface area contributed by atoms with Crippen LogP contribution in [-0.2, 0) is 21.0 Å². The van der Waals surface area contributed by atoms with Crippen LogP contribution in [0.5, 0.6) is 0 Å². The lowest BCUT2D eigenvalue weighted by Crippen LogP contribution is -2.32. The molecule has 0 bridgehead atoms. The number of carbonyl (C=O) groups excluding carboxylic acids is 1. The summed E-state index contributed by atoms with van der Waals surface area (Å²) in [5.74, 6) is -0.352. The van der Waals surface area contributed by atoms with E-state index in [4.69, 9.17) is 0 Å². The van der Waals surface area contributed by atoms with Gasteiger partial charge in [0.2, 0.25) is 15.9 Å². The summed E-state index contributed by atoms with van der Waals surface area (Å²) in [6, 6.07) is 8.67. The van der Waals surface area contributed by atoms with E-state index < -0.39 is 27.8 Å². The van der Waals surface area contributed by atoms with Gasteiger partial charge in [0, 0.05) is 19.2 Å². The van der Waals surface area contributed by atoms with Crippen molar-refractivity contribution in [1.29, 1.82) is 0 Å². The minimum absolute atomic E-state index is 0.0276. The Labute approximate surface area is 167 Å². The molecule has 9 heteroatoms. The first kappa shape index (κ1) is 21.3. The van der Waals surface area contributed by atoms with Crippen molar-refractivity contribution < 1.29 is 26.4 Å². The van der Waals surface area contributed by atoms with Gasteiger partial charge in [0.05, 0.1) is 16.5 Å². The first-order valence-corrected chi connectivity index (χ1v) is 10.5. The van der Waals surface area contributed by atoms with Gasteiger partial charge in [-0.05, 0) is 49.1 Å². The molecule has 1 unspecified atom stereocenters. The Hall–Kier alpha value is -2.39. The van der Waals surface area contributed by atoms with Gasteiger partial charge >= 0.3 is 6.18 Å². The van der Waals surface area contributed by atoms with E-state index in [0.717, 1.165) is 10.4 Å². The minimum Gasteiger partial charge on any atom is -0.326 e. The maximum absolute atomic E-state index is 13.5. The molecule has 2 aromatic carbocycles. The summed E-state index contributed by atoms with van der Waals surface area (Å²) >= 11 is 0. The highest BCUT2D eigenvalue weighted by atomic mass is 32.2. The van der Waals surface area contributed by atoms with Crippen molar-refractivity contribution in [3.8, 4) is 0 Å². The van der Waals surface area contributed by atoms with Crippen LogP contribution in [-0.4, -0.2) is 25.2 Å². The van der Waals surface area contributed by atoms with Crippen LogP contribution in [0.2, 0.25) is 0 Å². The first-order valence-electron chi connectivity index (χ1n) is 9.08. The number of benzene rings is 2. The molecule has 3 rings (SSSR count). The van der Waals surface area contributed by atoms with E-state index in [1.54, 1.807) is 19.1 Å². The highest BCUT2D eigenvalue weighted by Gasteiger charge is 2.42. The molecule has 0 radical (unpaired) electrons. The molecule has 29 heavy (non-hydrogen) atoms. The number of amides is 1. The second-order valence-corrected chi connectivity index (χ2v) is 8.88. The molecular weight excluding hydrogens is 405 g/mol. The third-order valence-electron chi connectivity index (χ3n) is 4.92. The molecule has 0 aromatic heterocycles. The summed E-state index contributed by atoms with van der Waals surface area (Å²) in [4.78, 5) is 11.3. The van der Waals surface area contributed by atoms with Gasteiger partial charge in [-0.1, -0.05) is 24.3 Å². The molecule has 0 spiro atoms. The molecule has 1 aliphatic heterocycles. The van der Waals surface area contributed by atoms with Gasteiger partial charge in [-0.3, -0.25) is 4.79 Å².